The largest absolute Gasteiger partial charge is 0.464 e. The van der Waals surface area contributed by atoms with Gasteiger partial charge in [0.1, 0.15) is 18.6 Å². The number of hydrogen-bond acceptors (Lipinski definition) is 5. The summed E-state index contributed by atoms with van der Waals surface area (Å²) in [4.78, 5) is 30.2. The average molecular weight is 512 g/mol. The molecule has 1 N–H and O–H groups in total. The van der Waals surface area contributed by atoms with E-state index in [-0.39, 0.29) is 11.8 Å². The zero-order valence-corrected chi connectivity index (χ0v) is 21.6. The average Bonchev–Trinajstić information content (AvgIpc) is 2.95. The zero-order valence-electron chi connectivity index (χ0n) is 21.6. The SMILES string of the molecule is Cc1cc(NC(=O)C(c2ccccc2)N(CC2=CC=CCC2)C2=COC=CO2)ccc1N1CCCCC1=O. The van der Waals surface area contributed by atoms with E-state index < -0.39 is 6.04 Å². The van der Waals surface area contributed by atoms with Crippen LogP contribution in [0, 0.1) is 6.92 Å². The summed E-state index contributed by atoms with van der Waals surface area (Å²) in [5.41, 5.74) is 4.56. The molecule has 5 rings (SSSR count). The van der Waals surface area contributed by atoms with Crippen LogP contribution in [-0.4, -0.2) is 29.8 Å². The summed E-state index contributed by atoms with van der Waals surface area (Å²) in [5.74, 6) is 0.422. The standard InChI is InChI=1S/C31H33N3O4/c1-23-20-26(15-16-27(23)33-17-9-8-14-28(33)35)32-31(36)30(25-12-6-3-7-13-25)34(29-22-37-18-19-38-29)21-24-10-4-2-5-11-24/h2-4,6-7,10,12-13,15-16,18-20,22,30H,5,8-9,11,14,17,21H2,1H3,(H,32,36). The van der Waals surface area contributed by atoms with Gasteiger partial charge in [-0.05, 0) is 61.9 Å². The fourth-order valence-corrected chi connectivity index (χ4v) is 5.11. The molecule has 2 amide bonds. The third kappa shape index (κ3) is 5.83. The predicted octanol–water partition coefficient (Wildman–Crippen LogP) is 6.09. The number of nitrogens with zero attached hydrogens (tertiary/aromatic N) is 2. The van der Waals surface area contributed by atoms with E-state index in [4.69, 9.17) is 9.47 Å². The van der Waals surface area contributed by atoms with Gasteiger partial charge in [0.2, 0.25) is 11.8 Å². The number of nitrogens with one attached hydrogen (secondary N) is 1. The Morgan fingerprint density at radius 1 is 1.11 bits per heavy atom. The van der Waals surface area contributed by atoms with E-state index in [0.29, 0.717) is 24.5 Å². The van der Waals surface area contributed by atoms with E-state index in [1.165, 1.54) is 24.4 Å². The normalized spacial score (nSPS) is 17.6. The summed E-state index contributed by atoms with van der Waals surface area (Å²) in [6.45, 7) is 3.21. The lowest BCUT2D eigenvalue weighted by atomic mass is 10.0. The van der Waals surface area contributed by atoms with Crippen molar-refractivity contribution in [1.82, 2.24) is 4.90 Å². The minimum atomic E-state index is -0.673. The second-order valence-electron chi connectivity index (χ2n) is 9.71. The monoisotopic (exact) mass is 511 g/mol. The maximum absolute atomic E-state index is 14.0. The van der Waals surface area contributed by atoms with E-state index in [1.807, 2.05) is 65.3 Å². The molecule has 1 aliphatic carbocycles. The molecular formula is C31H33N3O4. The van der Waals surface area contributed by atoms with Gasteiger partial charge < -0.3 is 24.6 Å². The quantitative estimate of drug-likeness (QED) is 0.465. The maximum Gasteiger partial charge on any atom is 0.251 e. The number of carbonyl (C=O) groups excluding carboxylic acids is 2. The fraction of sp³-hybridized carbons (Fsp3) is 0.290. The third-order valence-electron chi connectivity index (χ3n) is 7.00. The van der Waals surface area contributed by atoms with Gasteiger partial charge in [0.15, 0.2) is 6.26 Å². The van der Waals surface area contributed by atoms with Gasteiger partial charge in [-0.1, -0.05) is 54.1 Å². The molecule has 2 aromatic rings. The molecule has 2 aromatic carbocycles. The number of piperidine rings is 1. The molecule has 2 heterocycles. The molecule has 0 aromatic heterocycles. The molecule has 1 atom stereocenters. The molecule has 0 spiro atoms. The van der Waals surface area contributed by atoms with Crippen LogP contribution in [0.1, 0.15) is 49.3 Å². The Balaban J connectivity index is 1.44. The van der Waals surface area contributed by atoms with E-state index in [0.717, 1.165) is 49.0 Å². The second-order valence-corrected chi connectivity index (χ2v) is 9.71. The number of hydrogen-bond donors (Lipinski definition) is 1. The molecule has 38 heavy (non-hydrogen) atoms. The molecule has 1 unspecified atom stereocenters. The van der Waals surface area contributed by atoms with Gasteiger partial charge in [-0.25, -0.2) is 0 Å². The molecule has 0 bridgehead atoms. The molecule has 7 heteroatoms. The predicted molar refractivity (Wildman–Crippen MR) is 148 cm³/mol. The van der Waals surface area contributed by atoms with Gasteiger partial charge in [0, 0.05) is 30.9 Å². The Bertz CT molecular complexity index is 1300. The Kier molecular flexibility index (Phi) is 7.92. The number of benzene rings is 2. The molecule has 0 radical (unpaired) electrons. The van der Waals surface area contributed by atoms with Crippen LogP contribution in [-0.2, 0) is 19.1 Å². The van der Waals surface area contributed by atoms with Crippen LogP contribution < -0.4 is 10.2 Å². The van der Waals surface area contributed by atoms with E-state index in [1.54, 1.807) is 0 Å². The zero-order chi connectivity index (χ0) is 26.3. The number of ether oxygens (including phenoxy) is 2. The fourth-order valence-electron chi connectivity index (χ4n) is 5.11. The highest BCUT2D eigenvalue weighted by atomic mass is 16.5. The van der Waals surface area contributed by atoms with E-state index >= 15 is 0 Å². The lowest BCUT2D eigenvalue weighted by Gasteiger charge is -2.35. The van der Waals surface area contributed by atoms with Crippen LogP contribution in [0.5, 0.6) is 0 Å². The van der Waals surface area contributed by atoms with Crippen molar-refractivity contribution in [3.63, 3.8) is 0 Å². The van der Waals surface area contributed by atoms with Crippen molar-refractivity contribution in [3.05, 3.63) is 108 Å². The molecule has 7 nitrogen and oxygen atoms in total. The second kappa shape index (κ2) is 11.9. The Labute approximate surface area is 223 Å². The third-order valence-corrected chi connectivity index (χ3v) is 7.00. The van der Waals surface area contributed by atoms with Crippen molar-refractivity contribution < 1.29 is 19.1 Å². The molecule has 1 fully saturated rings. The van der Waals surface area contributed by atoms with Gasteiger partial charge in [-0.3, -0.25) is 9.59 Å². The van der Waals surface area contributed by atoms with Crippen LogP contribution >= 0.6 is 0 Å². The first-order valence-electron chi connectivity index (χ1n) is 13.2. The van der Waals surface area contributed by atoms with Gasteiger partial charge in [-0.2, -0.15) is 0 Å². The summed E-state index contributed by atoms with van der Waals surface area (Å²) in [6, 6.07) is 14.7. The van der Waals surface area contributed by atoms with Crippen molar-refractivity contribution in [1.29, 1.82) is 0 Å². The summed E-state index contributed by atoms with van der Waals surface area (Å²) in [7, 11) is 0. The summed E-state index contributed by atoms with van der Waals surface area (Å²) >= 11 is 0. The van der Waals surface area contributed by atoms with Crippen molar-refractivity contribution in [2.75, 3.05) is 23.3 Å². The lowest BCUT2D eigenvalue weighted by Crippen LogP contribution is -2.39. The number of carbonyl (C=O) groups is 2. The smallest absolute Gasteiger partial charge is 0.251 e. The van der Waals surface area contributed by atoms with Crippen LogP contribution in [0.2, 0.25) is 0 Å². The Morgan fingerprint density at radius 3 is 2.68 bits per heavy atom. The number of amides is 2. The van der Waals surface area contributed by atoms with E-state index in [9.17, 15) is 9.59 Å². The summed E-state index contributed by atoms with van der Waals surface area (Å²) in [6.07, 6.45) is 15.1. The van der Waals surface area contributed by atoms with Crippen molar-refractivity contribution in [3.8, 4) is 0 Å². The van der Waals surface area contributed by atoms with Crippen molar-refractivity contribution in [2.24, 2.45) is 0 Å². The van der Waals surface area contributed by atoms with Gasteiger partial charge in [0.25, 0.3) is 5.91 Å². The van der Waals surface area contributed by atoms with Crippen molar-refractivity contribution in [2.45, 2.75) is 45.1 Å². The first-order chi connectivity index (χ1) is 18.6. The molecule has 1 saturated heterocycles. The molecule has 196 valence electrons. The molecule has 2 aliphatic heterocycles. The highest BCUT2D eigenvalue weighted by Crippen LogP contribution is 2.32. The Hall–Kier alpha value is -4.26. The number of allylic oxidation sites excluding steroid dienone is 3. The van der Waals surface area contributed by atoms with Crippen molar-refractivity contribution >= 4 is 23.2 Å². The van der Waals surface area contributed by atoms with E-state index in [2.05, 4.69) is 23.5 Å². The molecular weight excluding hydrogens is 478 g/mol. The lowest BCUT2D eigenvalue weighted by molar-refractivity contribution is -0.122. The van der Waals surface area contributed by atoms with Crippen LogP contribution in [0.4, 0.5) is 11.4 Å². The summed E-state index contributed by atoms with van der Waals surface area (Å²) in [5, 5.41) is 3.12. The highest BCUT2D eigenvalue weighted by molar-refractivity contribution is 5.97. The van der Waals surface area contributed by atoms with Gasteiger partial charge >= 0.3 is 0 Å². The highest BCUT2D eigenvalue weighted by Gasteiger charge is 2.32. The molecule has 0 saturated carbocycles. The number of anilines is 2. The minimum Gasteiger partial charge on any atom is -0.464 e. The van der Waals surface area contributed by atoms with Crippen LogP contribution in [0.15, 0.2) is 97.0 Å². The first-order valence-corrected chi connectivity index (χ1v) is 13.2. The summed E-state index contributed by atoms with van der Waals surface area (Å²) < 4.78 is 11.2. The minimum absolute atomic E-state index is 0.153. The first kappa shape index (κ1) is 25.4. The van der Waals surface area contributed by atoms with Crippen LogP contribution in [0.25, 0.3) is 0 Å². The topological polar surface area (TPSA) is 71.1 Å². The molecule has 3 aliphatic rings. The van der Waals surface area contributed by atoms with Gasteiger partial charge in [0.05, 0.1) is 0 Å². The number of rotatable bonds is 8. The van der Waals surface area contributed by atoms with Crippen LogP contribution in [0.3, 0.4) is 0 Å². The maximum atomic E-state index is 14.0. The number of aryl methyl sites for hydroxylation is 1. The Morgan fingerprint density at radius 2 is 1.97 bits per heavy atom. The van der Waals surface area contributed by atoms with Gasteiger partial charge in [-0.15, -0.1) is 0 Å².